The van der Waals surface area contributed by atoms with Crippen molar-refractivity contribution in [2.75, 3.05) is 0 Å². The molecule has 0 aliphatic rings. The predicted octanol–water partition coefficient (Wildman–Crippen LogP) is 2.57. The van der Waals surface area contributed by atoms with Gasteiger partial charge in [-0.15, -0.1) is 11.3 Å². The van der Waals surface area contributed by atoms with E-state index >= 15 is 0 Å². The second-order valence-electron chi connectivity index (χ2n) is 3.13. The molecule has 0 fully saturated rings. The summed E-state index contributed by atoms with van der Waals surface area (Å²) in [6.45, 7) is 1.95. The summed E-state index contributed by atoms with van der Waals surface area (Å²) in [5, 5.41) is 19.1. The Balaban J connectivity index is 2.84. The van der Waals surface area contributed by atoms with Crippen molar-refractivity contribution in [3.05, 3.63) is 34.2 Å². The van der Waals surface area contributed by atoms with Crippen molar-refractivity contribution in [2.45, 2.75) is 13.5 Å². The van der Waals surface area contributed by atoms with Gasteiger partial charge < -0.3 is 5.11 Å². The molecule has 14 heavy (non-hydrogen) atoms. The van der Waals surface area contributed by atoms with Crippen LogP contribution in [0, 0.1) is 18.3 Å². The van der Waals surface area contributed by atoms with Crippen molar-refractivity contribution >= 4 is 21.4 Å². The van der Waals surface area contributed by atoms with E-state index in [0.29, 0.717) is 5.56 Å². The highest BCUT2D eigenvalue weighted by Gasteiger charge is 2.08. The molecule has 3 heteroatoms. The van der Waals surface area contributed by atoms with Gasteiger partial charge in [-0.1, -0.05) is 0 Å². The maximum Gasteiger partial charge on any atom is 0.0995 e. The van der Waals surface area contributed by atoms with Gasteiger partial charge in [-0.05, 0) is 30.5 Å². The fraction of sp³-hybridized carbons (Fsp3) is 0.182. The normalized spacial score (nSPS) is 10.4. The van der Waals surface area contributed by atoms with Crippen molar-refractivity contribution in [3.8, 4) is 6.07 Å². The van der Waals surface area contributed by atoms with Gasteiger partial charge in [0.1, 0.15) is 0 Å². The van der Waals surface area contributed by atoms with Crippen LogP contribution in [0.5, 0.6) is 0 Å². The van der Waals surface area contributed by atoms with Gasteiger partial charge in [0.05, 0.1) is 18.2 Å². The van der Waals surface area contributed by atoms with Crippen molar-refractivity contribution in [1.82, 2.24) is 0 Å². The van der Waals surface area contributed by atoms with Crippen LogP contribution < -0.4 is 0 Å². The molecule has 0 unspecified atom stereocenters. The van der Waals surface area contributed by atoms with E-state index in [-0.39, 0.29) is 6.61 Å². The third kappa shape index (κ3) is 1.29. The van der Waals surface area contributed by atoms with E-state index < -0.39 is 0 Å². The first-order chi connectivity index (χ1) is 6.76. The van der Waals surface area contributed by atoms with Gasteiger partial charge in [0, 0.05) is 15.1 Å². The van der Waals surface area contributed by atoms with Crippen molar-refractivity contribution < 1.29 is 5.11 Å². The number of aliphatic hydroxyl groups is 1. The predicted molar refractivity (Wildman–Crippen MR) is 57.2 cm³/mol. The second kappa shape index (κ2) is 3.41. The van der Waals surface area contributed by atoms with E-state index in [2.05, 4.69) is 6.07 Å². The molecule has 0 amide bonds. The Labute approximate surface area is 86.0 Å². The van der Waals surface area contributed by atoms with Crippen LogP contribution in [0.3, 0.4) is 0 Å². The molecule has 0 spiro atoms. The Kier molecular flexibility index (Phi) is 2.24. The number of benzene rings is 1. The topological polar surface area (TPSA) is 44.0 Å². The average Bonchev–Trinajstić information content (AvgIpc) is 2.56. The highest BCUT2D eigenvalue weighted by atomic mass is 32.1. The van der Waals surface area contributed by atoms with Gasteiger partial charge in [0.2, 0.25) is 0 Å². The standard InChI is InChI=1S/C11H9NOS/c1-7-4-9-10(6-13)8(5-12)2-3-11(9)14-7/h2-4,13H,6H2,1H3. The molecular formula is C11H9NOS. The summed E-state index contributed by atoms with van der Waals surface area (Å²) in [4.78, 5) is 1.20. The zero-order valence-corrected chi connectivity index (χ0v) is 8.56. The zero-order valence-electron chi connectivity index (χ0n) is 7.74. The van der Waals surface area contributed by atoms with Crippen LogP contribution >= 0.6 is 11.3 Å². The molecule has 2 aromatic rings. The van der Waals surface area contributed by atoms with Crippen LogP contribution in [0.1, 0.15) is 16.0 Å². The first kappa shape index (κ1) is 9.20. The molecule has 1 N–H and O–H groups in total. The molecule has 0 aliphatic carbocycles. The number of hydrogen-bond donors (Lipinski definition) is 1. The van der Waals surface area contributed by atoms with Crippen molar-refractivity contribution in [2.24, 2.45) is 0 Å². The SMILES string of the molecule is Cc1cc2c(CO)c(C#N)ccc2s1. The number of fused-ring (bicyclic) bond motifs is 1. The monoisotopic (exact) mass is 203 g/mol. The first-order valence-corrected chi connectivity index (χ1v) is 5.11. The largest absolute Gasteiger partial charge is 0.392 e. The smallest absolute Gasteiger partial charge is 0.0995 e. The minimum atomic E-state index is -0.0730. The quantitative estimate of drug-likeness (QED) is 0.774. The molecule has 0 atom stereocenters. The molecule has 1 aromatic carbocycles. The fourth-order valence-corrected chi connectivity index (χ4v) is 2.52. The van der Waals surface area contributed by atoms with Crippen molar-refractivity contribution in [1.29, 1.82) is 5.26 Å². The van der Waals surface area contributed by atoms with E-state index in [0.717, 1.165) is 15.6 Å². The third-order valence-electron chi connectivity index (χ3n) is 2.21. The van der Waals surface area contributed by atoms with Gasteiger partial charge in [0.15, 0.2) is 0 Å². The van der Waals surface area contributed by atoms with Gasteiger partial charge in [-0.2, -0.15) is 5.26 Å². The highest BCUT2D eigenvalue weighted by molar-refractivity contribution is 7.19. The second-order valence-corrected chi connectivity index (χ2v) is 4.42. The number of rotatable bonds is 1. The number of nitrogens with zero attached hydrogens (tertiary/aromatic N) is 1. The number of aryl methyl sites for hydroxylation is 1. The van der Waals surface area contributed by atoms with Gasteiger partial charge in [0.25, 0.3) is 0 Å². The van der Waals surface area contributed by atoms with Crippen LogP contribution in [0.25, 0.3) is 10.1 Å². The molecule has 0 bridgehead atoms. The molecule has 1 heterocycles. The lowest BCUT2D eigenvalue weighted by molar-refractivity contribution is 0.283. The van der Waals surface area contributed by atoms with E-state index in [1.54, 1.807) is 17.4 Å². The van der Waals surface area contributed by atoms with Crippen LogP contribution in [0.2, 0.25) is 0 Å². The number of aliphatic hydroxyl groups excluding tert-OH is 1. The first-order valence-electron chi connectivity index (χ1n) is 4.29. The maximum atomic E-state index is 9.21. The van der Waals surface area contributed by atoms with Gasteiger partial charge in [-0.25, -0.2) is 0 Å². The van der Waals surface area contributed by atoms with Crippen LogP contribution in [-0.4, -0.2) is 5.11 Å². The van der Waals surface area contributed by atoms with E-state index in [4.69, 9.17) is 5.26 Å². The van der Waals surface area contributed by atoms with E-state index in [1.807, 2.05) is 19.1 Å². The minimum absolute atomic E-state index is 0.0730. The molecule has 0 aliphatic heterocycles. The summed E-state index contributed by atoms with van der Waals surface area (Å²) < 4.78 is 1.13. The molecule has 2 nitrogen and oxygen atoms in total. The minimum Gasteiger partial charge on any atom is -0.392 e. The lowest BCUT2D eigenvalue weighted by Gasteiger charge is -2.00. The number of thiophene rings is 1. The Morgan fingerprint density at radius 2 is 2.29 bits per heavy atom. The highest BCUT2D eigenvalue weighted by Crippen LogP contribution is 2.29. The van der Waals surface area contributed by atoms with Gasteiger partial charge >= 0.3 is 0 Å². The number of nitriles is 1. The summed E-state index contributed by atoms with van der Waals surface area (Å²) in [7, 11) is 0. The Morgan fingerprint density at radius 3 is 2.93 bits per heavy atom. The summed E-state index contributed by atoms with van der Waals surface area (Å²) in [5.74, 6) is 0. The molecule has 1 aromatic heterocycles. The summed E-state index contributed by atoms with van der Waals surface area (Å²) in [6, 6.07) is 7.82. The van der Waals surface area contributed by atoms with Crippen LogP contribution in [0.15, 0.2) is 18.2 Å². The average molecular weight is 203 g/mol. The molecule has 70 valence electrons. The lowest BCUT2D eigenvalue weighted by Crippen LogP contribution is -1.89. The summed E-state index contributed by atoms with van der Waals surface area (Å²) >= 11 is 1.68. The summed E-state index contributed by atoms with van der Waals surface area (Å²) in [5.41, 5.74) is 1.31. The number of hydrogen-bond acceptors (Lipinski definition) is 3. The molecule has 0 saturated carbocycles. The van der Waals surface area contributed by atoms with Crippen LogP contribution in [0.4, 0.5) is 0 Å². The zero-order chi connectivity index (χ0) is 10.1. The Hall–Kier alpha value is -1.37. The third-order valence-corrected chi connectivity index (χ3v) is 3.23. The Bertz CT molecular complexity index is 522. The summed E-state index contributed by atoms with van der Waals surface area (Å²) in [6.07, 6.45) is 0. The molecular weight excluding hydrogens is 194 g/mol. The maximum absolute atomic E-state index is 9.21. The van der Waals surface area contributed by atoms with Gasteiger partial charge in [-0.3, -0.25) is 0 Å². The lowest BCUT2D eigenvalue weighted by atomic mass is 10.1. The fourth-order valence-electron chi connectivity index (χ4n) is 1.57. The van der Waals surface area contributed by atoms with E-state index in [9.17, 15) is 5.11 Å². The van der Waals surface area contributed by atoms with Crippen molar-refractivity contribution in [3.63, 3.8) is 0 Å². The molecule has 0 saturated heterocycles. The van der Waals surface area contributed by atoms with Crippen LogP contribution in [-0.2, 0) is 6.61 Å². The molecule has 0 radical (unpaired) electrons. The van der Waals surface area contributed by atoms with E-state index in [1.165, 1.54) is 4.88 Å². The molecule has 2 rings (SSSR count). The Morgan fingerprint density at radius 1 is 1.50 bits per heavy atom.